The second-order valence-corrected chi connectivity index (χ2v) is 4.32. The van der Waals surface area contributed by atoms with Gasteiger partial charge in [-0.05, 0) is 24.1 Å². The van der Waals surface area contributed by atoms with Gasteiger partial charge in [-0.1, -0.05) is 13.0 Å². The molecule has 0 spiro atoms. The van der Waals surface area contributed by atoms with Crippen LogP contribution in [0.15, 0.2) is 18.2 Å². The van der Waals surface area contributed by atoms with Crippen molar-refractivity contribution in [3.63, 3.8) is 0 Å². The van der Waals surface area contributed by atoms with Crippen LogP contribution in [0.5, 0.6) is 0 Å². The molecule has 1 aromatic rings. The lowest BCUT2D eigenvalue weighted by Gasteiger charge is -2.15. The van der Waals surface area contributed by atoms with Crippen molar-refractivity contribution in [1.29, 1.82) is 0 Å². The van der Waals surface area contributed by atoms with E-state index in [4.69, 9.17) is 0 Å². The van der Waals surface area contributed by atoms with E-state index in [9.17, 15) is 14.4 Å². The average Bonchev–Trinajstić information content (AvgIpc) is 2.68. The van der Waals surface area contributed by atoms with Gasteiger partial charge in [-0.3, -0.25) is 14.4 Å². The lowest BCUT2D eigenvalue weighted by molar-refractivity contribution is -0.140. The number of esters is 1. The number of amides is 1. The topological polar surface area (TPSA) is 63.7 Å². The van der Waals surface area contributed by atoms with Gasteiger partial charge in [0.2, 0.25) is 0 Å². The SMILES string of the molecule is CCc1ccc2c(c1)C(=O)C(=O)N2CCC(=O)OC. The Morgan fingerprint density at radius 3 is 2.68 bits per heavy atom. The van der Waals surface area contributed by atoms with Crippen molar-refractivity contribution >= 4 is 23.3 Å². The van der Waals surface area contributed by atoms with Crippen molar-refractivity contribution in [1.82, 2.24) is 0 Å². The van der Waals surface area contributed by atoms with E-state index in [-0.39, 0.29) is 13.0 Å². The number of fused-ring (bicyclic) bond motifs is 1. The van der Waals surface area contributed by atoms with Crippen molar-refractivity contribution in [2.75, 3.05) is 18.6 Å². The van der Waals surface area contributed by atoms with Crippen LogP contribution in [0.4, 0.5) is 5.69 Å². The molecular formula is C14H15NO4. The predicted octanol–water partition coefficient (Wildman–Crippen LogP) is 1.34. The van der Waals surface area contributed by atoms with E-state index in [2.05, 4.69) is 4.74 Å². The molecule has 1 amide bonds. The molecule has 0 radical (unpaired) electrons. The Labute approximate surface area is 111 Å². The number of carbonyl (C=O) groups is 3. The summed E-state index contributed by atoms with van der Waals surface area (Å²) < 4.78 is 4.53. The molecule has 2 rings (SSSR count). The number of carbonyl (C=O) groups excluding carboxylic acids is 3. The Morgan fingerprint density at radius 2 is 2.05 bits per heavy atom. The first-order chi connectivity index (χ1) is 9.08. The van der Waals surface area contributed by atoms with Gasteiger partial charge in [0.05, 0.1) is 24.8 Å². The summed E-state index contributed by atoms with van der Waals surface area (Å²) in [7, 11) is 1.29. The molecule has 1 aliphatic heterocycles. The van der Waals surface area contributed by atoms with Crippen LogP contribution in [0.1, 0.15) is 29.3 Å². The number of ether oxygens (including phenoxy) is 1. The predicted molar refractivity (Wildman–Crippen MR) is 69.1 cm³/mol. The van der Waals surface area contributed by atoms with Crippen molar-refractivity contribution in [2.24, 2.45) is 0 Å². The molecule has 1 aliphatic rings. The minimum atomic E-state index is -0.577. The summed E-state index contributed by atoms with van der Waals surface area (Å²) in [5, 5.41) is 0. The number of hydrogen-bond donors (Lipinski definition) is 0. The normalized spacial score (nSPS) is 13.7. The summed E-state index contributed by atoms with van der Waals surface area (Å²) in [6.45, 7) is 2.15. The maximum absolute atomic E-state index is 11.9. The zero-order chi connectivity index (χ0) is 14.0. The van der Waals surface area contributed by atoms with Gasteiger partial charge < -0.3 is 9.64 Å². The fourth-order valence-electron chi connectivity index (χ4n) is 2.09. The molecule has 5 nitrogen and oxygen atoms in total. The number of aryl methyl sites for hydroxylation is 1. The van der Waals surface area contributed by atoms with Crippen LogP contribution in [-0.2, 0) is 20.7 Å². The van der Waals surface area contributed by atoms with E-state index in [1.807, 2.05) is 13.0 Å². The van der Waals surface area contributed by atoms with Gasteiger partial charge in [-0.2, -0.15) is 0 Å². The molecule has 0 N–H and O–H groups in total. The molecule has 0 atom stereocenters. The molecule has 0 saturated carbocycles. The number of nitrogens with zero attached hydrogens (tertiary/aromatic N) is 1. The van der Waals surface area contributed by atoms with Gasteiger partial charge in [-0.25, -0.2) is 0 Å². The second kappa shape index (κ2) is 5.22. The highest BCUT2D eigenvalue weighted by Crippen LogP contribution is 2.30. The fraction of sp³-hybridized carbons (Fsp3) is 0.357. The molecule has 1 heterocycles. The van der Waals surface area contributed by atoms with E-state index >= 15 is 0 Å². The van der Waals surface area contributed by atoms with E-state index in [0.717, 1.165) is 12.0 Å². The van der Waals surface area contributed by atoms with Crippen LogP contribution < -0.4 is 4.90 Å². The highest BCUT2D eigenvalue weighted by molar-refractivity contribution is 6.52. The van der Waals surface area contributed by atoms with E-state index in [1.165, 1.54) is 12.0 Å². The summed E-state index contributed by atoms with van der Waals surface area (Å²) >= 11 is 0. The van der Waals surface area contributed by atoms with Crippen LogP contribution >= 0.6 is 0 Å². The average molecular weight is 261 g/mol. The van der Waals surface area contributed by atoms with Crippen molar-refractivity contribution in [2.45, 2.75) is 19.8 Å². The smallest absolute Gasteiger partial charge is 0.307 e. The molecule has 0 bridgehead atoms. The first-order valence-corrected chi connectivity index (χ1v) is 6.14. The number of benzene rings is 1. The molecule has 0 aliphatic carbocycles. The lowest BCUT2D eigenvalue weighted by atomic mass is 10.1. The molecule has 0 unspecified atom stereocenters. The van der Waals surface area contributed by atoms with Gasteiger partial charge in [0.1, 0.15) is 0 Å². The maximum Gasteiger partial charge on any atom is 0.307 e. The number of anilines is 1. The third-order valence-electron chi connectivity index (χ3n) is 3.21. The standard InChI is InChI=1S/C14H15NO4/c1-3-9-4-5-11-10(8-9)13(17)14(18)15(11)7-6-12(16)19-2/h4-5,8H,3,6-7H2,1-2H3. The van der Waals surface area contributed by atoms with Gasteiger partial charge in [-0.15, -0.1) is 0 Å². The Balaban J connectivity index is 2.26. The molecule has 0 fully saturated rings. The van der Waals surface area contributed by atoms with Crippen LogP contribution in [-0.4, -0.2) is 31.3 Å². The summed E-state index contributed by atoms with van der Waals surface area (Å²) in [5.74, 6) is -1.49. The Bertz CT molecular complexity index is 550. The quantitative estimate of drug-likeness (QED) is 0.606. The number of methoxy groups -OCH3 is 1. The van der Waals surface area contributed by atoms with E-state index < -0.39 is 17.7 Å². The third kappa shape index (κ3) is 2.36. The van der Waals surface area contributed by atoms with Gasteiger partial charge in [0, 0.05) is 6.54 Å². The van der Waals surface area contributed by atoms with Crippen molar-refractivity contribution < 1.29 is 19.1 Å². The third-order valence-corrected chi connectivity index (χ3v) is 3.21. The summed E-state index contributed by atoms with van der Waals surface area (Å²) in [6.07, 6.45) is 0.876. The summed E-state index contributed by atoms with van der Waals surface area (Å²) in [4.78, 5) is 36.2. The first kappa shape index (κ1) is 13.3. The molecule has 19 heavy (non-hydrogen) atoms. The minimum Gasteiger partial charge on any atom is -0.469 e. The van der Waals surface area contributed by atoms with Crippen LogP contribution in [0.25, 0.3) is 0 Å². The fourth-order valence-corrected chi connectivity index (χ4v) is 2.09. The lowest BCUT2D eigenvalue weighted by Crippen LogP contribution is -2.31. The van der Waals surface area contributed by atoms with Crippen LogP contribution in [0.3, 0.4) is 0 Å². The van der Waals surface area contributed by atoms with Gasteiger partial charge >= 0.3 is 5.97 Å². The molecule has 1 aromatic carbocycles. The molecule has 0 aromatic heterocycles. The highest BCUT2D eigenvalue weighted by Gasteiger charge is 2.35. The molecular weight excluding hydrogens is 246 g/mol. The zero-order valence-electron chi connectivity index (χ0n) is 10.9. The first-order valence-electron chi connectivity index (χ1n) is 6.14. The van der Waals surface area contributed by atoms with Gasteiger partial charge in [0.25, 0.3) is 11.7 Å². The number of rotatable bonds is 4. The summed E-state index contributed by atoms with van der Waals surface area (Å²) in [5.41, 5.74) is 2.01. The number of Topliss-reactive ketones (excluding diaryl/α,β-unsaturated/α-hetero) is 1. The minimum absolute atomic E-state index is 0.0739. The monoisotopic (exact) mass is 261 g/mol. The number of ketones is 1. The van der Waals surface area contributed by atoms with Gasteiger partial charge in [0.15, 0.2) is 0 Å². The van der Waals surface area contributed by atoms with Crippen LogP contribution in [0.2, 0.25) is 0 Å². The van der Waals surface area contributed by atoms with E-state index in [1.54, 1.807) is 12.1 Å². The van der Waals surface area contributed by atoms with Crippen molar-refractivity contribution in [3.05, 3.63) is 29.3 Å². The zero-order valence-corrected chi connectivity index (χ0v) is 10.9. The Morgan fingerprint density at radius 1 is 1.32 bits per heavy atom. The van der Waals surface area contributed by atoms with Crippen LogP contribution in [0, 0.1) is 0 Å². The Kier molecular flexibility index (Phi) is 3.64. The largest absolute Gasteiger partial charge is 0.469 e. The molecule has 0 saturated heterocycles. The maximum atomic E-state index is 11.9. The van der Waals surface area contributed by atoms with E-state index in [0.29, 0.717) is 11.3 Å². The second-order valence-electron chi connectivity index (χ2n) is 4.32. The highest BCUT2D eigenvalue weighted by atomic mass is 16.5. The Hall–Kier alpha value is -2.17. The molecule has 5 heteroatoms. The summed E-state index contributed by atoms with van der Waals surface area (Å²) in [6, 6.07) is 5.39. The van der Waals surface area contributed by atoms with Crippen molar-refractivity contribution in [3.8, 4) is 0 Å². The number of hydrogen-bond acceptors (Lipinski definition) is 4. The molecule has 100 valence electrons.